The molecule has 2 amide bonds. The highest BCUT2D eigenvalue weighted by Gasteiger charge is 2.08. The van der Waals surface area contributed by atoms with Crippen LogP contribution in [0.25, 0.3) is 0 Å². The van der Waals surface area contributed by atoms with Crippen molar-refractivity contribution >= 4 is 55.5 Å². The van der Waals surface area contributed by atoms with Crippen molar-refractivity contribution in [2.24, 2.45) is 5.73 Å². The van der Waals surface area contributed by atoms with Gasteiger partial charge in [-0.2, -0.15) is 0 Å². The number of thiazole rings is 1. The maximum atomic E-state index is 11.8. The molecular formula is C13H14BrN3O2S2. The van der Waals surface area contributed by atoms with Crippen molar-refractivity contribution in [2.75, 3.05) is 5.32 Å². The Hall–Kier alpha value is -1.25. The van der Waals surface area contributed by atoms with Crippen molar-refractivity contribution in [3.63, 3.8) is 0 Å². The molecule has 0 bridgehead atoms. The van der Waals surface area contributed by atoms with Gasteiger partial charge in [-0.1, -0.05) is 0 Å². The molecule has 2 heterocycles. The van der Waals surface area contributed by atoms with Crippen LogP contribution < -0.4 is 11.1 Å². The third-order valence-electron chi connectivity index (χ3n) is 2.61. The van der Waals surface area contributed by atoms with E-state index in [1.807, 2.05) is 6.07 Å². The number of rotatable bonds is 7. The largest absolute Gasteiger partial charge is 0.369 e. The van der Waals surface area contributed by atoms with Gasteiger partial charge < -0.3 is 11.1 Å². The predicted octanol–water partition coefficient (Wildman–Crippen LogP) is 2.96. The zero-order chi connectivity index (χ0) is 15.2. The van der Waals surface area contributed by atoms with Gasteiger partial charge in [-0.3, -0.25) is 9.59 Å². The molecule has 2 aromatic heterocycles. The molecular weight excluding hydrogens is 374 g/mol. The number of hydrogen-bond acceptors (Lipinski definition) is 5. The smallest absolute Gasteiger partial charge is 0.226 e. The Labute approximate surface area is 138 Å². The van der Waals surface area contributed by atoms with E-state index in [1.165, 1.54) is 16.2 Å². The number of aryl methyl sites for hydroxylation is 1. The van der Waals surface area contributed by atoms with Crippen LogP contribution in [0.2, 0.25) is 0 Å². The second-order valence-electron chi connectivity index (χ2n) is 4.39. The first kappa shape index (κ1) is 16.1. The van der Waals surface area contributed by atoms with E-state index in [4.69, 9.17) is 5.73 Å². The van der Waals surface area contributed by atoms with Gasteiger partial charge in [-0.15, -0.1) is 22.7 Å². The fourth-order valence-electron chi connectivity index (χ4n) is 1.72. The predicted molar refractivity (Wildman–Crippen MR) is 88.6 cm³/mol. The third kappa shape index (κ3) is 5.56. The Morgan fingerprint density at radius 3 is 2.86 bits per heavy atom. The fraction of sp³-hybridized carbons (Fsp3) is 0.308. The zero-order valence-corrected chi connectivity index (χ0v) is 14.3. The van der Waals surface area contributed by atoms with Gasteiger partial charge in [0, 0.05) is 16.7 Å². The maximum Gasteiger partial charge on any atom is 0.226 e. The molecule has 8 heteroatoms. The normalized spacial score (nSPS) is 10.5. The van der Waals surface area contributed by atoms with Crippen LogP contribution in [0.5, 0.6) is 0 Å². The molecule has 2 aromatic rings. The van der Waals surface area contributed by atoms with Crippen LogP contribution in [0.3, 0.4) is 0 Å². The molecule has 112 valence electrons. The van der Waals surface area contributed by atoms with Crippen LogP contribution in [0, 0.1) is 0 Å². The van der Waals surface area contributed by atoms with Gasteiger partial charge in [0.1, 0.15) is 0 Å². The van der Waals surface area contributed by atoms with Crippen LogP contribution in [-0.2, 0) is 22.4 Å². The summed E-state index contributed by atoms with van der Waals surface area (Å²) in [5.74, 6) is -0.495. The van der Waals surface area contributed by atoms with E-state index >= 15 is 0 Å². The van der Waals surface area contributed by atoms with Gasteiger partial charge in [0.15, 0.2) is 5.13 Å². The number of carbonyl (C=O) groups excluding carboxylic acids is 2. The first-order valence-corrected chi connectivity index (χ1v) is 8.78. The first-order chi connectivity index (χ1) is 10.0. The van der Waals surface area contributed by atoms with E-state index < -0.39 is 5.91 Å². The minimum Gasteiger partial charge on any atom is -0.369 e. The number of carbonyl (C=O) groups is 2. The van der Waals surface area contributed by atoms with E-state index in [0.29, 0.717) is 17.2 Å². The number of amides is 2. The summed E-state index contributed by atoms with van der Waals surface area (Å²) < 4.78 is 1.10. The SMILES string of the molecule is NC(=O)Cc1csc(NC(=O)CCCc2ccc(Br)s2)n1. The standard InChI is InChI=1S/C13H14BrN3O2S2/c14-10-5-4-9(21-10)2-1-3-12(19)17-13-16-8(7-20-13)6-11(15)18/h4-5,7H,1-3,6H2,(H2,15,18)(H,16,17,19). The summed E-state index contributed by atoms with van der Waals surface area (Å²) in [7, 11) is 0. The molecule has 0 atom stereocenters. The number of nitrogens with two attached hydrogens (primary N) is 1. The Kier molecular flexibility index (Phi) is 5.89. The average molecular weight is 388 g/mol. The molecule has 0 fully saturated rings. The molecule has 21 heavy (non-hydrogen) atoms. The minimum absolute atomic E-state index is 0.0643. The van der Waals surface area contributed by atoms with Gasteiger partial charge in [0.05, 0.1) is 15.9 Å². The van der Waals surface area contributed by atoms with Gasteiger partial charge in [-0.05, 0) is 40.9 Å². The molecule has 5 nitrogen and oxygen atoms in total. The molecule has 0 saturated carbocycles. The summed E-state index contributed by atoms with van der Waals surface area (Å²) in [6.07, 6.45) is 2.21. The van der Waals surface area contributed by atoms with E-state index in [0.717, 1.165) is 16.6 Å². The second-order valence-corrected chi connectivity index (χ2v) is 7.80. The number of thiophene rings is 1. The Morgan fingerprint density at radius 1 is 1.38 bits per heavy atom. The average Bonchev–Trinajstić information content (AvgIpc) is 2.98. The fourth-order valence-corrected chi connectivity index (χ4v) is 3.97. The van der Waals surface area contributed by atoms with Crippen LogP contribution in [0.4, 0.5) is 5.13 Å². The molecule has 3 N–H and O–H groups in total. The highest BCUT2D eigenvalue weighted by atomic mass is 79.9. The highest BCUT2D eigenvalue weighted by molar-refractivity contribution is 9.11. The molecule has 2 rings (SSSR count). The molecule has 0 spiro atoms. The van der Waals surface area contributed by atoms with Crippen molar-refractivity contribution in [1.82, 2.24) is 4.98 Å². The first-order valence-electron chi connectivity index (χ1n) is 6.29. The Morgan fingerprint density at radius 2 is 2.19 bits per heavy atom. The van der Waals surface area contributed by atoms with Crippen molar-refractivity contribution in [1.29, 1.82) is 0 Å². The maximum absolute atomic E-state index is 11.8. The topological polar surface area (TPSA) is 85.1 Å². The van der Waals surface area contributed by atoms with Crippen LogP contribution >= 0.6 is 38.6 Å². The summed E-state index contributed by atoms with van der Waals surface area (Å²) in [6.45, 7) is 0. The molecule has 0 aliphatic carbocycles. The number of nitrogens with zero attached hydrogens (tertiary/aromatic N) is 1. The highest BCUT2D eigenvalue weighted by Crippen LogP contribution is 2.23. The van der Waals surface area contributed by atoms with Crippen LogP contribution in [-0.4, -0.2) is 16.8 Å². The molecule has 0 aliphatic rings. The lowest BCUT2D eigenvalue weighted by atomic mass is 10.2. The lowest BCUT2D eigenvalue weighted by Crippen LogP contribution is -2.14. The van der Waals surface area contributed by atoms with Crippen molar-refractivity contribution in [3.05, 3.63) is 31.9 Å². The molecule has 0 aromatic carbocycles. The van der Waals surface area contributed by atoms with Crippen LogP contribution in [0.15, 0.2) is 21.3 Å². The number of anilines is 1. The number of halogens is 1. The van der Waals surface area contributed by atoms with E-state index in [1.54, 1.807) is 16.7 Å². The number of aromatic nitrogens is 1. The molecule has 0 saturated heterocycles. The van der Waals surface area contributed by atoms with E-state index in [9.17, 15) is 9.59 Å². The number of nitrogens with one attached hydrogen (secondary N) is 1. The molecule has 0 unspecified atom stereocenters. The van der Waals surface area contributed by atoms with Gasteiger partial charge in [0.25, 0.3) is 0 Å². The van der Waals surface area contributed by atoms with E-state index in [2.05, 4.69) is 32.3 Å². The summed E-state index contributed by atoms with van der Waals surface area (Å²) in [5.41, 5.74) is 5.68. The molecule has 0 radical (unpaired) electrons. The lowest BCUT2D eigenvalue weighted by Gasteiger charge is -2.01. The quantitative estimate of drug-likeness (QED) is 0.765. The summed E-state index contributed by atoms with van der Waals surface area (Å²) in [4.78, 5) is 28.0. The van der Waals surface area contributed by atoms with Gasteiger partial charge in [0.2, 0.25) is 11.8 Å². The minimum atomic E-state index is -0.430. The summed E-state index contributed by atoms with van der Waals surface area (Å²) >= 11 is 6.40. The van der Waals surface area contributed by atoms with Crippen molar-refractivity contribution in [3.8, 4) is 0 Å². The second kappa shape index (κ2) is 7.67. The van der Waals surface area contributed by atoms with Gasteiger partial charge >= 0.3 is 0 Å². The summed E-state index contributed by atoms with van der Waals surface area (Å²) in [6, 6.07) is 4.07. The number of hydrogen-bond donors (Lipinski definition) is 2. The zero-order valence-electron chi connectivity index (χ0n) is 11.1. The van der Waals surface area contributed by atoms with Crippen molar-refractivity contribution in [2.45, 2.75) is 25.7 Å². The summed E-state index contributed by atoms with van der Waals surface area (Å²) in [5, 5.41) is 4.97. The Bertz CT molecular complexity index is 639. The number of primary amides is 1. The third-order valence-corrected chi connectivity index (χ3v) is 5.10. The van der Waals surface area contributed by atoms with Crippen LogP contribution in [0.1, 0.15) is 23.4 Å². The monoisotopic (exact) mass is 387 g/mol. The van der Waals surface area contributed by atoms with E-state index in [-0.39, 0.29) is 12.3 Å². The van der Waals surface area contributed by atoms with Gasteiger partial charge in [-0.25, -0.2) is 4.98 Å². The lowest BCUT2D eigenvalue weighted by molar-refractivity contribution is -0.117. The van der Waals surface area contributed by atoms with Crippen molar-refractivity contribution < 1.29 is 9.59 Å². The molecule has 0 aliphatic heterocycles. The Balaban J connectivity index is 1.74.